The van der Waals surface area contributed by atoms with Crippen molar-refractivity contribution in [2.24, 2.45) is 0 Å². The molecule has 0 saturated heterocycles. The minimum Gasteiger partial charge on any atom is -0.381 e. The lowest BCUT2D eigenvalue weighted by atomic mass is 10.2. The van der Waals surface area contributed by atoms with Crippen LogP contribution in [0.3, 0.4) is 0 Å². The van der Waals surface area contributed by atoms with Crippen LogP contribution in [0.2, 0.25) is 0 Å². The lowest BCUT2D eigenvalue weighted by Crippen LogP contribution is -2.06. The summed E-state index contributed by atoms with van der Waals surface area (Å²) in [4.78, 5) is 21.2. The van der Waals surface area contributed by atoms with E-state index in [2.05, 4.69) is 17.4 Å². The predicted octanol–water partition coefficient (Wildman–Crippen LogP) is 1.89. The molecule has 0 atom stereocenters. The van der Waals surface area contributed by atoms with Crippen LogP contribution in [0.15, 0.2) is 30.3 Å². The van der Waals surface area contributed by atoms with E-state index in [1.807, 2.05) is 0 Å². The second kappa shape index (κ2) is 3.92. The van der Waals surface area contributed by atoms with Crippen LogP contribution in [-0.4, -0.2) is 11.3 Å². The first-order valence-corrected chi connectivity index (χ1v) is 3.65. The topological polar surface area (TPSA) is 43.4 Å². The Kier molecular flexibility index (Phi) is 2.88. The number of ether oxygens (including phenoxy) is 1. The molecule has 0 spiro atoms. The molecule has 0 heterocycles. The van der Waals surface area contributed by atoms with Gasteiger partial charge in [-0.1, -0.05) is 30.8 Å². The summed E-state index contributed by atoms with van der Waals surface area (Å²) in [5.74, 6) is -0.685. The van der Waals surface area contributed by atoms with E-state index < -0.39 is 11.3 Å². The van der Waals surface area contributed by atoms with Crippen molar-refractivity contribution in [3.8, 4) is 0 Å². The minimum atomic E-state index is -0.899. The maximum Gasteiger partial charge on any atom is 0.372 e. The maximum absolute atomic E-state index is 11.0. The standard InChI is InChI=1S/C8H6O3S/c9-7(11-8(10)12)6-4-2-1-3-5-6/h1-5H,(H,10,12). The van der Waals surface area contributed by atoms with Crippen molar-refractivity contribution in [2.75, 3.05) is 0 Å². The zero-order chi connectivity index (χ0) is 8.97. The van der Waals surface area contributed by atoms with Crippen molar-refractivity contribution in [2.45, 2.75) is 0 Å². The zero-order valence-electron chi connectivity index (χ0n) is 6.06. The van der Waals surface area contributed by atoms with E-state index in [0.717, 1.165) is 0 Å². The second-order valence-corrected chi connectivity index (χ2v) is 2.39. The molecule has 0 aromatic heterocycles. The molecule has 0 bridgehead atoms. The van der Waals surface area contributed by atoms with Crippen LogP contribution >= 0.6 is 12.6 Å². The normalized spacial score (nSPS) is 9.08. The molecule has 0 fully saturated rings. The molecule has 62 valence electrons. The molecule has 12 heavy (non-hydrogen) atoms. The van der Waals surface area contributed by atoms with Gasteiger partial charge >= 0.3 is 11.3 Å². The highest BCUT2D eigenvalue weighted by molar-refractivity contribution is 7.96. The van der Waals surface area contributed by atoms with Crippen LogP contribution < -0.4 is 0 Å². The van der Waals surface area contributed by atoms with Crippen LogP contribution in [0.25, 0.3) is 0 Å². The maximum atomic E-state index is 11.0. The first-order valence-electron chi connectivity index (χ1n) is 3.20. The highest BCUT2D eigenvalue weighted by Gasteiger charge is 2.08. The van der Waals surface area contributed by atoms with Crippen molar-refractivity contribution < 1.29 is 14.3 Å². The average Bonchev–Trinajstić information content (AvgIpc) is 2.05. The van der Waals surface area contributed by atoms with Gasteiger partial charge in [0.2, 0.25) is 0 Å². The Balaban J connectivity index is 2.73. The van der Waals surface area contributed by atoms with Crippen LogP contribution in [0.1, 0.15) is 10.4 Å². The van der Waals surface area contributed by atoms with Crippen molar-refractivity contribution in [1.29, 1.82) is 0 Å². The number of esters is 1. The third-order valence-electron chi connectivity index (χ3n) is 1.19. The molecule has 3 nitrogen and oxygen atoms in total. The monoisotopic (exact) mass is 182 g/mol. The van der Waals surface area contributed by atoms with E-state index >= 15 is 0 Å². The first kappa shape index (κ1) is 8.80. The summed E-state index contributed by atoms with van der Waals surface area (Å²) in [5.41, 5.74) is 0.333. The van der Waals surface area contributed by atoms with E-state index in [0.29, 0.717) is 5.56 Å². The molecule has 0 aliphatic rings. The average molecular weight is 182 g/mol. The largest absolute Gasteiger partial charge is 0.381 e. The van der Waals surface area contributed by atoms with Gasteiger partial charge < -0.3 is 4.74 Å². The van der Waals surface area contributed by atoms with Gasteiger partial charge in [-0.05, 0) is 12.1 Å². The van der Waals surface area contributed by atoms with Crippen molar-refractivity contribution in [1.82, 2.24) is 0 Å². The molecule has 1 aromatic rings. The summed E-state index contributed by atoms with van der Waals surface area (Å²) < 4.78 is 4.22. The zero-order valence-corrected chi connectivity index (χ0v) is 6.95. The third-order valence-corrected chi connectivity index (χ3v) is 1.28. The fraction of sp³-hybridized carbons (Fsp3) is 0. The Morgan fingerprint density at radius 2 is 1.75 bits per heavy atom. The number of hydrogen-bond acceptors (Lipinski definition) is 3. The summed E-state index contributed by atoms with van der Waals surface area (Å²) >= 11 is 3.31. The molecule has 0 amide bonds. The summed E-state index contributed by atoms with van der Waals surface area (Å²) in [5, 5.41) is -0.899. The Morgan fingerprint density at radius 3 is 2.25 bits per heavy atom. The lowest BCUT2D eigenvalue weighted by molar-refractivity contribution is 0.0665. The van der Waals surface area contributed by atoms with E-state index in [9.17, 15) is 9.59 Å². The Bertz CT molecular complexity index is 294. The number of hydrogen-bond donors (Lipinski definition) is 1. The van der Waals surface area contributed by atoms with Gasteiger partial charge in [0.25, 0.3) is 0 Å². The highest BCUT2D eigenvalue weighted by Crippen LogP contribution is 2.02. The number of carbonyl (C=O) groups excluding carboxylic acids is 2. The van der Waals surface area contributed by atoms with Crippen LogP contribution in [0, 0.1) is 0 Å². The smallest absolute Gasteiger partial charge is 0.372 e. The van der Waals surface area contributed by atoms with E-state index in [4.69, 9.17) is 0 Å². The quantitative estimate of drug-likeness (QED) is 0.409. The number of rotatable bonds is 1. The number of thiol groups is 1. The minimum absolute atomic E-state index is 0.333. The van der Waals surface area contributed by atoms with Crippen LogP contribution in [0.4, 0.5) is 4.79 Å². The van der Waals surface area contributed by atoms with Gasteiger partial charge in [0, 0.05) is 0 Å². The Labute approximate surface area is 74.8 Å². The molecule has 0 saturated carbocycles. The van der Waals surface area contributed by atoms with Gasteiger partial charge in [0.05, 0.1) is 5.56 Å². The molecule has 0 unspecified atom stereocenters. The SMILES string of the molecule is O=C(S)OC(=O)c1ccccc1. The van der Waals surface area contributed by atoms with Crippen molar-refractivity contribution in [3.05, 3.63) is 35.9 Å². The molecule has 1 aromatic carbocycles. The molecule has 0 N–H and O–H groups in total. The molecule has 0 aliphatic carbocycles. The summed E-state index contributed by atoms with van der Waals surface area (Å²) in [6, 6.07) is 8.23. The lowest BCUT2D eigenvalue weighted by Gasteiger charge is -1.97. The van der Waals surface area contributed by atoms with Gasteiger partial charge in [-0.2, -0.15) is 0 Å². The summed E-state index contributed by atoms with van der Waals surface area (Å²) in [6.45, 7) is 0. The Hall–Kier alpha value is -1.29. The first-order chi connectivity index (χ1) is 5.70. The highest BCUT2D eigenvalue weighted by atomic mass is 32.1. The predicted molar refractivity (Wildman–Crippen MR) is 46.2 cm³/mol. The molecule has 0 radical (unpaired) electrons. The molecular weight excluding hydrogens is 176 g/mol. The van der Waals surface area contributed by atoms with Crippen molar-refractivity contribution in [3.63, 3.8) is 0 Å². The van der Waals surface area contributed by atoms with Crippen molar-refractivity contribution >= 4 is 23.9 Å². The van der Waals surface area contributed by atoms with Crippen LogP contribution in [-0.2, 0) is 4.74 Å². The van der Waals surface area contributed by atoms with E-state index in [-0.39, 0.29) is 0 Å². The van der Waals surface area contributed by atoms with E-state index in [1.165, 1.54) is 0 Å². The third kappa shape index (κ3) is 2.39. The van der Waals surface area contributed by atoms with Gasteiger partial charge in [-0.3, -0.25) is 0 Å². The van der Waals surface area contributed by atoms with Gasteiger partial charge in [0.15, 0.2) is 0 Å². The number of benzene rings is 1. The van der Waals surface area contributed by atoms with Crippen LogP contribution in [0.5, 0.6) is 0 Å². The van der Waals surface area contributed by atoms with Gasteiger partial charge in [-0.25, -0.2) is 9.59 Å². The fourth-order valence-corrected chi connectivity index (χ4v) is 0.795. The van der Waals surface area contributed by atoms with Gasteiger partial charge in [0.1, 0.15) is 0 Å². The van der Waals surface area contributed by atoms with Gasteiger partial charge in [-0.15, -0.1) is 0 Å². The molecule has 4 heteroatoms. The molecular formula is C8H6O3S. The Morgan fingerprint density at radius 1 is 1.17 bits per heavy atom. The molecule has 0 aliphatic heterocycles. The van der Waals surface area contributed by atoms with E-state index in [1.54, 1.807) is 30.3 Å². The number of carbonyl (C=O) groups is 2. The molecule has 1 rings (SSSR count). The second-order valence-electron chi connectivity index (χ2n) is 2.02. The summed E-state index contributed by atoms with van der Waals surface area (Å²) in [7, 11) is 0. The fourth-order valence-electron chi connectivity index (χ4n) is 0.712. The summed E-state index contributed by atoms with van der Waals surface area (Å²) in [6.07, 6.45) is 0.